The molecule has 0 saturated heterocycles. The average molecular weight is 268 g/mol. The molecule has 0 aliphatic heterocycles. The van der Waals surface area contributed by atoms with Crippen molar-refractivity contribution in [2.75, 3.05) is 13.2 Å². The molecule has 0 aliphatic rings. The Bertz CT molecular complexity index is 459. The van der Waals surface area contributed by atoms with Gasteiger partial charge >= 0.3 is 13.0 Å². The topological polar surface area (TPSA) is 71.9 Å². The number of rotatable bonds is 7. The van der Waals surface area contributed by atoms with Gasteiger partial charge in [-0.25, -0.2) is 4.57 Å². The zero-order chi connectivity index (χ0) is 13.4. The van der Waals surface area contributed by atoms with E-state index in [9.17, 15) is 4.57 Å². The molecular formula is C12H17N2O3P. The van der Waals surface area contributed by atoms with Gasteiger partial charge in [-0.05, 0) is 19.4 Å². The average Bonchev–Trinajstić information content (AvgIpc) is 2.37. The van der Waals surface area contributed by atoms with Crippen LogP contribution >= 0.6 is 7.60 Å². The van der Waals surface area contributed by atoms with E-state index in [0.717, 1.165) is 5.56 Å². The zero-order valence-corrected chi connectivity index (χ0v) is 11.5. The predicted molar refractivity (Wildman–Crippen MR) is 69.6 cm³/mol. The second-order valence-corrected chi connectivity index (χ2v) is 5.54. The summed E-state index contributed by atoms with van der Waals surface area (Å²) >= 11 is 0. The summed E-state index contributed by atoms with van der Waals surface area (Å²) in [7, 11) is -3.49. The van der Waals surface area contributed by atoms with Gasteiger partial charge in [-0.3, -0.25) is 0 Å². The van der Waals surface area contributed by atoms with Crippen molar-refractivity contribution in [3.63, 3.8) is 0 Å². The molecule has 18 heavy (non-hydrogen) atoms. The lowest BCUT2D eigenvalue weighted by Gasteiger charge is -2.12. The van der Waals surface area contributed by atoms with Gasteiger partial charge in [-0.2, -0.15) is 4.79 Å². The summed E-state index contributed by atoms with van der Waals surface area (Å²) in [5.41, 5.74) is 9.94. The Balaban J connectivity index is 2.95. The van der Waals surface area contributed by atoms with Crippen LogP contribution in [0, 0.1) is 0 Å². The number of benzene rings is 1. The molecule has 0 unspecified atom stereocenters. The van der Waals surface area contributed by atoms with E-state index in [-0.39, 0.29) is 25.1 Å². The van der Waals surface area contributed by atoms with E-state index >= 15 is 0 Å². The van der Waals surface area contributed by atoms with Crippen LogP contribution in [0.3, 0.4) is 0 Å². The molecule has 0 heterocycles. The number of hydrogen-bond donors (Lipinski definition) is 0. The van der Waals surface area contributed by atoms with E-state index < -0.39 is 7.60 Å². The number of hydrogen-bond acceptors (Lipinski definition) is 3. The summed E-state index contributed by atoms with van der Waals surface area (Å²) in [5, 5.41) is 0. The minimum absolute atomic E-state index is 0.0254. The maximum atomic E-state index is 12.4. The summed E-state index contributed by atoms with van der Waals surface area (Å²) in [6.45, 7) is 3.88. The molecule has 0 saturated carbocycles. The van der Waals surface area contributed by atoms with Crippen LogP contribution in [0.5, 0.6) is 0 Å². The van der Waals surface area contributed by atoms with Crippen LogP contribution in [0.25, 0.3) is 5.53 Å². The Kier molecular flexibility index (Phi) is 5.96. The molecule has 0 N–H and O–H groups in total. The van der Waals surface area contributed by atoms with E-state index in [1.807, 2.05) is 30.3 Å². The third-order valence-electron chi connectivity index (χ3n) is 2.23. The first-order valence-corrected chi connectivity index (χ1v) is 7.35. The lowest BCUT2D eigenvalue weighted by molar-refractivity contribution is -0.00604. The number of nitrogens with zero attached hydrogens (tertiary/aromatic N) is 2. The molecule has 0 bridgehead atoms. The Hall–Kier alpha value is -1.25. The maximum Gasteiger partial charge on any atom is 0.437 e. The van der Waals surface area contributed by atoms with Crippen molar-refractivity contribution in [1.29, 1.82) is 0 Å². The van der Waals surface area contributed by atoms with Crippen LogP contribution in [0.1, 0.15) is 19.4 Å². The molecule has 5 nitrogen and oxygen atoms in total. The highest BCUT2D eigenvalue weighted by Gasteiger charge is 2.39. The minimum atomic E-state index is -3.49. The first-order valence-electron chi connectivity index (χ1n) is 5.80. The van der Waals surface area contributed by atoms with Crippen molar-refractivity contribution >= 4 is 13.0 Å². The van der Waals surface area contributed by atoms with Gasteiger partial charge < -0.3 is 14.6 Å². The van der Waals surface area contributed by atoms with Gasteiger partial charge in [0.15, 0.2) is 0 Å². The molecule has 0 aliphatic carbocycles. The van der Waals surface area contributed by atoms with Gasteiger partial charge in [0.1, 0.15) is 0 Å². The van der Waals surface area contributed by atoms with E-state index in [4.69, 9.17) is 14.6 Å². The second kappa shape index (κ2) is 7.24. The molecule has 0 amide bonds. The largest absolute Gasteiger partial charge is 0.437 e. The quantitative estimate of drug-likeness (QED) is 0.330. The summed E-state index contributed by atoms with van der Waals surface area (Å²) in [5.74, 6) is 0. The molecule has 0 fully saturated rings. The van der Waals surface area contributed by atoms with Gasteiger partial charge in [0.25, 0.3) is 0 Å². The summed E-state index contributed by atoms with van der Waals surface area (Å²) < 4.78 is 22.7. The Morgan fingerprint density at radius 2 is 1.78 bits per heavy atom. The molecule has 98 valence electrons. The molecular weight excluding hydrogens is 251 g/mol. The third kappa shape index (κ3) is 3.90. The van der Waals surface area contributed by atoms with E-state index in [1.54, 1.807) is 13.8 Å². The smallest absolute Gasteiger partial charge is 0.361 e. The van der Waals surface area contributed by atoms with Gasteiger partial charge in [-0.1, -0.05) is 30.3 Å². The Labute approximate surface area is 107 Å². The van der Waals surface area contributed by atoms with Crippen LogP contribution < -0.4 is 0 Å². The van der Waals surface area contributed by atoms with Crippen LogP contribution in [0.2, 0.25) is 0 Å². The van der Waals surface area contributed by atoms with Gasteiger partial charge in [0, 0.05) is 0 Å². The lowest BCUT2D eigenvalue weighted by Crippen LogP contribution is -2.11. The molecule has 1 aromatic rings. The van der Waals surface area contributed by atoms with Crippen molar-refractivity contribution in [1.82, 2.24) is 0 Å². The van der Waals surface area contributed by atoms with Crippen molar-refractivity contribution in [2.45, 2.75) is 20.3 Å². The minimum Gasteiger partial charge on any atom is -0.361 e. The van der Waals surface area contributed by atoms with Gasteiger partial charge in [-0.15, -0.1) is 0 Å². The van der Waals surface area contributed by atoms with Crippen LogP contribution in [-0.4, -0.2) is 23.5 Å². The first-order chi connectivity index (χ1) is 8.66. The normalized spacial score (nSPS) is 11.0. The first kappa shape index (κ1) is 14.8. The van der Waals surface area contributed by atoms with Crippen LogP contribution in [-0.2, 0) is 20.0 Å². The highest BCUT2D eigenvalue weighted by molar-refractivity contribution is 7.71. The monoisotopic (exact) mass is 268 g/mol. The molecule has 0 radical (unpaired) electrons. The second-order valence-electron chi connectivity index (χ2n) is 3.51. The summed E-state index contributed by atoms with van der Waals surface area (Å²) in [6, 6.07) is 9.30. The lowest BCUT2D eigenvalue weighted by atomic mass is 10.2. The standard InChI is InChI=1S/C12H17N2O3P/c1-3-16-18(15,17-4-2)12(14-13)10-11-8-6-5-7-9-11/h5-9H,3-4,10H2,1-2H3. The fourth-order valence-electron chi connectivity index (χ4n) is 1.49. The molecule has 6 heteroatoms. The molecule has 0 aromatic heterocycles. The molecule has 0 spiro atoms. The van der Waals surface area contributed by atoms with E-state index in [2.05, 4.69) is 4.79 Å². The fraction of sp³-hybridized carbons (Fsp3) is 0.417. The van der Waals surface area contributed by atoms with Crippen molar-refractivity contribution in [3.05, 3.63) is 41.4 Å². The maximum absolute atomic E-state index is 12.4. The Morgan fingerprint density at radius 3 is 2.22 bits per heavy atom. The molecule has 1 rings (SSSR count). The summed E-state index contributed by atoms with van der Waals surface area (Å²) in [6.07, 6.45) is 0.231. The van der Waals surface area contributed by atoms with Gasteiger partial charge in [0.05, 0.1) is 19.6 Å². The third-order valence-corrected chi connectivity index (χ3v) is 4.31. The SMILES string of the molecule is CCOP(=O)(OCC)C(Cc1ccccc1)=[N+]=[N-]. The Morgan fingerprint density at radius 1 is 1.22 bits per heavy atom. The predicted octanol–water partition coefficient (Wildman–Crippen LogP) is 3.12. The summed E-state index contributed by atoms with van der Waals surface area (Å²) in [4.78, 5) is 3.10. The van der Waals surface area contributed by atoms with Crippen molar-refractivity contribution < 1.29 is 18.4 Å². The fourth-order valence-corrected chi connectivity index (χ4v) is 3.03. The highest BCUT2D eigenvalue weighted by atomic mass is 31.2. The van der Waals surface area contributed by atoms with Crippen LogP contribution in [0.15, 0.2) is 30.3 Å². The zero-order valence-electron chi connectivity index (χ0n) is 10.6. The van der Waals surface area contributed by atoms with Gasteiger partial charge in [0.2, 0.25) is 0 Å². The van der Waals surface area contributed by atoms with E-state index in [0.29, 0.717) is 0 Å². The van der Waals surface area contributed by atoms with Crippen molar-refractivity contribution in [2.24, 2.45) is 0 Å². The highest BCUT2D eigenvalue weighted by Crippen LogP contribution is 2.49. The van der Waals surface area contributed by atoms with E-state index in [1.165, 1.54) is 0 Å². The van der Waals surface area contributed by atoms with Crippen LogP contribution in [0.4, 0.5) is 0 Å². The molecule has 1 aromatic carbocycles. The van der Waals surface area contributed by atoms with Crippen molar-refractivity contribution in [3.8, 4) is 0 Å². The molecule has 0 atom stereocenters.